The van der Waals surface area contributed by atoms with Gasteiger partial charge in [0.15, 0.2) is 0 Å². The van der Waals surface area contributed by atoms with Crippen LogP contribution in [0.25, 0.3) is 0 Å². The molecule has 0 fully saturated rings. The summed E-state index contributed by atoms with van der Waals surface area (Å²) in [5.41, 5.74) is 0. The van der Waals surface area contributed by atoms with Gasteiger partial charge in [0.25, 0.3) is 7.82 Å². The zero-order chi connectivity index (χ0) is 8.08. The van der Waals surface area contributed by atoms with E-state index in [9.17, 15) is 4.79 Å². The summed E-state index contributed by atoms with van der Waals surface area (Å²) in [6.45, 7) is 3.06. The molecule has 5 nitrogen and oxygen atoms in total. The van der Waals surface area contributed by atoms with Gasteiger partial charge in [-0.05, 0) is 13.8 Å². The van der Waals surface area contributed by atoms with E-state index in [-0.39, 0.29) is 35.3 Å². The molecule has 0 saturated heterocycles. The number of Topliss-reactive ketones (excluding diaryl/α,β-unsaturated/α-hetero) is 1. The third kappa shape index (κ3) is 874. The Hall–Kier alpha value is 0.780. The van der Waals surface area contributed by atoms with E-state index >= 15 is 0 Å². The van der Waals surface area contributed by atoms with Crippen LogP contribution in [0.4, 0.5) is 0 Å². The van der Waals surface area contributed by atoms with Gasteiger partial charge >= 0.3 is 29.6 Å². The summed E-state index contributed by atoms with van der Waals surface area (Å²) in [5, 5.41) is 0. The first-order valence-corrected chi connectivity index (χ1v) is 3.50. The van der Waals surface area contributed by atoms with Crippen molar-refractivity contribution in [1.29, 1.82) is 0 Å². The van der Waals surface area contributed by atoms with Gasteiger partial charge in [0.2, 0.25) is 0 Å². The van der Waals surface area contributed by atoms with E-state index in [4.69, 9.17) is 19.2 Å². The fraction of sp³-hybridized carbons (Fsp3) is 0.667. The van der Waals surface area contributed by atoms with Crippen molar-refractivity contribution in [2.75, 3.05) is 0 Å². The zero-order valence-corrected chi connectivity index (χ0v) is 8.96. The number of ketones is 1. The molecule has 0 aromatic carbocycles. The molecule has 0 spiro atoms. The molecule has 0 heterocycles. The molecule has 0 rings (SSSR count). The molecule has 7 heteroatoms. The Morgan fingerprint density at radius 2 is 1.40 bits per heavy atom. The van der Waals surface area contributed by atoms with Gasteiger partial charge < -0.3 is 19.5 Å². The van der Waals surface area contributed by atoms with Crippen molar-refractivity contribution in [2.45, 2.75) is 13.8 Å². The monoisotopic (exact) mass is 178 g/mol. The van der Waals surface area contributed by atoms with Gasteiger partial charge in [0.05, 0.1) is 0 Å². The molecule has 10 heavy (non-hydrogen) atoms. The molecule has 0 amide bonds. The summed E-state index contributed by atoms with van der Waals surface area (Å²) in [6.07, 6.45) is 0. The molecule has 0 atom stereocenters. The first-order valence-electron chi connectivity index (χ1n) is 1.97. The van der Waals surface area contributed by atoms with Gasteiger partial charge in [-0.3, -0.25) is 4.57 Å². The van der Waals surface area contributed by atoms with Crippen LogP contribution in [0, 0.1) is 0 Å². The average molecular weight is 178 g/mol. The van der Waals surface area contributed by atoms with Crippen LogP contribution in [-0.2, 0) is 9.36 Å². The third-order valence-corrected chi connectivity index (χ3v) is 0. The largest absolute Gasteiger partial charge is 1.00 e. The van der Waals surface area contributed by atoms with Crippen LogP contribution in [0.1, 0.15) is 13.8 Å². The molecule has 0 aliphatic heterocycles. The number of hydrogen-bond donors (Lipinski definition) is 2. The van der Waals surface area contributed by atoms with Crippen LogP contribution in [-0.4, -0.2) is 15.6 Å². The predicted molar refractivity (Wildman–Crippen MR) is 28.4 cm³/mol. The predicted octanol–water partition coefficient (Wildman–Crippen LogP) is -3.96. The molecule has 0 aliphatic rings. The molecule has 0 bridgehead atoms. The summed E-state index contributed by atoms with van der Waals surface area (Å²) in [4.78, 5) is 32.4. The third-order valence-electron chi connectivity index (χ3n) is 0. The molecule has 0 saturated carbocycles. The van der Waals surface area contributed by atoms with Gasteiger partial charge in [-0.2, -0.15) is 0 Å². The van der Waals surface area contributed by atoms with Gasteiger partial charge in [-0.15, -0.1) is 0 Å². The molecular formula is C3H8NaO5P. The first-order chi connectivity index (χ1) is 3.73. The second kappa shape index (κ2) is 7.88. The van der Waals surface area contributed by atoms with Gasteiger partial charge in [-0.25, -0.2) is 0 Å². The van der Waals surface area contributed by atoms with Crippen LogP contribution < -0.4 is 34.5 Å². The number of carbonyl (C=O) groups excluding carboxylic acids is 1. The molecule has 0 unspecified atom stereocenters. The summed E-state index contributed by atoms with van der Waals surface area (Å²) >= 11 is 0. The average Bonchev–Trinajstić information content (AvgIpc) is 1.19. The summed E-state index contributed by atoms with van der Waals surface area (Å²) in [6, 6.07) is 0. The van der Waals surface area contributed by atoms with Gasteiger partial charge in [-0.1, -0.05) is 0 Å². The van der Waals surface area contributed by atoms with E-state index in [1.54, 1.807) is 0 Å². The van der Waals surface area contributed by atoms with Crippen molar-refractivity contribution >= 4 is 13.6 Å². The maximum atomic E-state index is 9.44. The van der Waals surface area contributed by atoms with Crippen molar-refractivity contribution in [3.63, 3.8) is 0 Å². The molecule has 0 aromatic heterocycles. The van der Waals surface area contributed by atoms with Crippen LogP contribution in [0.3, 0.4) is 0 Å². The van der Waals surface area contributed by atoms with Crippen LogP contribution in [0.15, 0.2) is 0 Å². The fourth-order valence-electron chi connectivity index (χ4n) is 0. The minimum atomic E-state index is -4.89. The number of hydrogen-bond acceptors (Lipinski definition) is 3. The summed E-state index contributed by atoms with van der Waals surface area (Å²) in [7, 11) is -4.89. The Morgan fingerprint density at radius 1 is 1.40 bits per heavy atom. The topological polar surface area (TPSA) is 97.7 Å². The molecule has 0 aromatic rings. The van der Waals surface area contributed by atoms with Crippen molar-refractivity contribution in [3.8, 4) is 0 Å². The first kappa shape index (κ1) is 17.0. The summed E-state index contributed by atoms with van der Waals surface area (Å²) < 4.78 is 8.77. The molecular weight excluding hydrogens is 170 g/mol. The van der Waals surface area contributed by atoms with Crippen molar-refractivity contribution in [1.82, 2.24) is 0 Å². The fourth-order valence-corrected chi connectivity index (χ4v) is 0. The molecule has 2 N–H and O–H groups in total. The zero-order valence-electron chi connectivity index (χ0n) is 6.07. The maximum Gasteiger partial charge on any atom is 1.00 e. The van der Waals surface area contributed by atoms with E-state index in [1.165, 1.54) is 13.8 Å². The van der Waals surface area contributed by atoms with Crippen LogP contribution in [0.2, 0.25) is 0 Å². The quantitative estimate of drug-likeness (QED) is 0.291. The Bertz CT molecular complexity index is 117. The number of carbonyl (C=O) groups is 1. The molecule has 0 aliphatic carbocycles. The van der Waals surface area contributed by atoms with E-state index in [0.717, 1.165) is 0 Å². The van der Waals surface area contributed by atoms with Gasteiger partial charge in [0, 0.05) is 0 Å². The van der Waals surface area contributed by atoms with Crippen LogP contribution in [0.5, 0.6) is 0 Å². The van der Waals surface area contributed by atoms with E-state index in [2.05, 4.69) is 0 Å². The Balaban J connectivity index is -0.0000000910. The Morgan fingerprint density at radius 3 is 1.40 bits per heavy atom. The molecule has 0 radical (unpaired) electrons. The van der Waals surface area contributed by atoms with Crippen molar-refractivity contribution < 1.29 is 53.6 Å². The Labute approximate surface area is 81.0 Å². The second-order valence-electron chi connectivity index (χ2n) is 1.40. The van der Waals surface area contributed by atoms with E-state index in [0.29, 0.717) is 0 Å². The maximum absolute atomic E-state index is 9.44. The van der Waals surface area contributed by atoms with Gasteiger partial charge in [0.1, 0.15) is 5.78 Å². The molecule has 56 valence electrons. The standard InChI is InChI=1S/C3H6O.Na.H3O4P/c1-3(2)4;;1-5(2,3)4/h1-2H3;;(H3,1,2,3,4)/q;+1;/p-1. The number of phosphoric acid groups is 1. The van der Waals surface area contributed by atoms with Crippen LogP contribution >= 0.6 is 7.82 Å². The second-order valence-corrected chi connectivity index (χ2v) is 2.38. The van der Waals surface area contributed by atoms with E-state index < -0.39 is 7.82 Å². The van der Waals surface area contributed by atoms with Crippen molar-refractivity contribution in [2.24, 2.45) is 0 Å². The van der Waals surface area contributed by atoms with Crippen molar-refractivity contribution in [3.05, 3.63) is 0 Å². The minimum Gasteiger partial charge on any atom is -0.756 e. The van der Waals surface area contributed by atoms with E-state index in [1.807, 2.05) is 0 Å². The SMILES string of the molecule is CC(C)=O.O=P([O-])(O)O.[Na+]. The Kier molecular flexibility index (Phi) is 13.4. The minimum absolute atomic E-state index is 0. The normalized spacial score (nSPS) is 8.50. The smallest absolute Gasteiger partial charge is 0.756 e. The number of rotatable bonds is 0. The summed E-state index contributed by atoms with van der Waals surface area (Å²) in [5.74, 6) is 0.167.